The Morgan fingerprint density at radius 3 is 3.00 bits per heavy atom. The molecule has 0 amide bonds. The second-order valence-corrected chi connectivity index (χ2v) is 7.51. The molecule has 0 aliphatic heterocycles. The highest BCUT2D eigenvalue weighted by Gasteiger charge is 2.29. The van der Waals surface area contributed by atoms with E-state index < -0.39 is 11.9 Å². The van der Waals surface area contributed by atoms with Gasteiger partial charge in [0.2, 0.25) is 0 Å². The Bertz CT molecular complexity index is 463. The Balaban J connectivity index is 1.76. The number of fused-ring (bicyclic) bond motifs is 1. The molecule has 1 atom stereocenters. The molecule has 0 radical (unpaired) electrons. The summed E-state index contributed by atoms with van der Waals surface area (Å²) in [5, 5.41) is 13.5. The molecule has 1 unspecified atom stereocenters. The third-order valence-corrected chi connectivity index (χ3v) is 5.59. The number of nitrogens with one attached hydrogen (secondary N) is 1. The number of rotatable bonds is 9. The highest BCUT2D eigenvalue weighted by Crippen LogP contribution is 2.36. The van der Waals surface area contributed by atoms with Gasteiger partial charge in [-0.05, 0) is 44.1 Å². The molecular formula is C15H24N2O2S2. The minimum atomic E-state index is -0.735. The fourth-order valence-corrected chi connectivity index (χ4v) is 4.24. The van der Waals surface area contributed by atoms with E-state index in [1.54, 1.807) is 11.3 Å². The van der Waals surface area contributed by atoms with Crippen LogP contribution in [-0.4, -0.2) is 34.6 Å². The van der Waals surface area contributed by atoms with Crippen LogP contribution in [0.15, 0.2) is 0 Å². The zero-order valence-electron chi connectivity index (χ0n) is 12.6. The lowest BCUT2D eigenvalue weighted by Crippen LogP contribution is -2.17. The first-order valence-corrected chi connectivity index (χ1v) is 9.88. The fourth-order valence-electron chi connectivity index (χ4n) is 2.65. The van der Waals surface area contributed by atoms with Crippen LogP contribution in [-0.2, 0) is 11.2 Å². The highest BCUT2D eigenvalue weighted by molar-refractivity contribution is 7.98. The van der Waals surface area contributed by atoms with Gasteiger partial charge in [-0.3, -0.25) is 4.79 Å². The normalized spacial score (nSPS) is 17.5. The number of thioether (sulfide) groups is 1. The lowest BCUT2D eigenvalue weighted by atomic mass is 9.91. The molecule has 0 fully saturated rings. The molecule has 1 aliphatic rings. The molecule has 4 nitrogen and oxygen atoms in total. The molecule has 1 aromatic rings. The van der Waals surface area contributed by atoms with E-state index in [4.69, 9.17) is 0 Å². The predicted octanol–water partition coefficient (Wildman–Crippen LogP) is 3.98. The van der Waals surface area contributed by atoms with Crippen LogP contribution in [0.3, 0.4) is 0 Å². The number of hydrogen-bond acceptors (Lipinski definition) is 5. The zero-order valence-corrected chi connectivity index (χ0v) is 14.2. The van der Waals surface area contributed by atoms with E-state index in [-0.39, 0.29) is 0 Å². The molecule has 0 saturated heterocycles. The number of anilines is 1. The van der Waals surface area contributed by atoms with E-state index in [1.165, 1.54) is 25.0 Å². The van der Waals surface area contributed by atoms with Crippen molar-refractivity contribution in [3.05, 3.63) is 10.6 Å². The van der Waals surface area contributed by atoms with Gasteiger partial charge in [0.1, 0.15) is 5.92 Å². The topological polar surface area (TPSA) is 62.2 Å². The summed E-state index contributed by atoms with van der Waals surface area (Å²) >= 11 is 3.55. The summed E-state index contributed by atoms with van der Waals surface area (Å²) in [6.07, 6.45) is 9.80. The summed E-state index contributed by atoms with van der Waals surface area (Å²) in [5.74, 6) is 0.122. The standard InChI is InChI=1S/C15H24N2O2S2/c1-20-10-5-3-2-4-9-16-15-17-13-11(14(18)19)7-6-8-12(13)21-15/h11H,2-10H2,1H3,(H,16,17)(H,18,19). The SMILES string of the molecule is CSCCCCCCNc1nc2c(s1)CCCC2C(=O)O. The predicted molar refractivity (Wildman–Crippen MR) is 90.8 cm³/mol. The Labute approximate surface area is 134 Å². The maximum atomic E-state index is 11.3. The highest BCUT2D eigenvalue weighted by atomic mass is 32.2. The van der Waals surface area contributed by atoms with Gasteiger partial charge in [-0.25, -0.2) is 4.98 Å². The van der Waals surface area contributed by atoms with Gasteiger partial charge in [0.25, 0.3) is 0 Å². The number of aliphatic carboxylic acids is 1. The van der Waals surface area contributed by atoms with Crippen molar-refractivity contribution in [2.75, 3.05) is 23.9 Å². The first kappa shape index (κ1) is 16.6. The third kappa shape index (κ3) is 4.88. The van der Waals surface area contributed by atoms with E-state index in [0.29, 0.717) is 0 Å². The van der Waals surface area contributed by atoms with Gasteiger partial charge < -0.3 is 10.4 Å². The summed E-state index contributed by atoms with van der Waals surface area (Å²) in [6, 6.07) is 0. The summed E-state index contributed by atoms with van der Waals surface area (Å²) in [6.45, 7) is 0.934. The van der Waals surface area contributed by atoms with Crippen LogP contribution in [0.2, 0.25) is 0 Å². The van der Waals surface area contributed by atoms with Crippen LogP contribution in [0.5, 0.6) is 0 Å². The molecule has 0 spiro atoms. The molecule has 118 valence electrons. The molecule has 0 bridgehead atoms. The van der Waals surface area contributed by atoms with Crippen molar-refractivity contribution in [3.8, 4) is 0 Å². The van der Waals surface area contributed by atoms with Crippen molar-refractivity contribution in [2.45, 2.75) is 50.9 Å². The molecule has 1 heterocycles. The number of aryl methyl sites for hydroxylation is 1. The molecule has 2 rings (SSSR count). The van der Waals surface area contributed by atoms with Gasteiger partial charge in [-0.15, -0.1) is 11.3 Å². The van der Waals surface area contributed by atoms with Crippen molar-refractivity contribution in [2.24, 2.45) is 0 Å². The van der Waals surface area contributed by atoms with Crippen molar-refractivity contribution in [1.82, 2.24) is 4.98 Å². The summed E-state index contributed by atoms with van der Waals surface area (Å²) in [4.78, 5) is 16.9. The number of thiazole rings is 1. The second-order valence-electron chi connectivity index (χ2n) is 5.44. The fraction of sp³-hybridized carbons (Fsp3) is 0.733. The maximum absolute atomic E-state index is 11.3. The quantitative estimate of drug-likeness (QED) is 0.671. The maximum Gasteiger partial charge on any atom is 0.312 e. The number of hydrogen-bond donors (Lipinski definition) is 2. The van der Waals surface area contributed by atoms with Crippen molar-refractivity contribution < 1.29 is 9.90 Å². The summed E-state index contributed by atoms with van der Waals surface area (Å²) in [7, 11) is 0. The summed E-state index contributed by atoms with van der Waals surface area (Å²) in [5.41, 5.74) is 0.807. The van der Waals surface area contributed by atoms with Crippen LogP contribution in [0.25, 0.3) is 0 Å². The third-order valence-electron chi connectivity index (χ3n) is 3.80. The first-order chi connectivity index (χ1) is 10.2. The second kappa shape index (κ2) is 8.63. The van der Waals surface area contributed by atoms with Gasteiger partial charge in [-0.2, -0.15) is 11.8 Å². The Kier molecular flexibility index (Phi) is 6.83. The number of carboxylic acids is 1. The van der Waals surface area contributed by atoms with Crippen molar-refractivity contribution in [1.29, 1.82) is 0 Å². The van der Waals surface area contributed by atoms with E-state index >= 15 is 0 Å². The van der Waals surface area contributed by atoms with Gasteiger partial charge in [-0.1, -0.05) is 12.8 Å². The molecule has 1 aliphatic carbocycles. The smallest absolute Gasteiger partial charge is 0.312 e. The molecule has 2 N–H and O–H groups in total. The molecule has 21 heavy (non-hydrogen) atoms. The van der Waals surface area contributed by atoms with Gasteiger partial charge in [0.05, 0.1) is 5.69 Å². The molecule has 0 saturated carbocycles. The minimum absolute atomic E-state index is 0.396. The Morgan fingerprint density at radius 1 is 1.43 bits per heavy atom. The Morgan fingerprint density at radius 2 is 2.24 bits per heavy atom. The molecule has 1 aromatic heterocycles. The minimum Gasteiger partial charge on any atom is -0.481 e. The van der Waals surface area contributed by atoms with Crippen LogP contribution in [0.1, 0.15) is 55.0 Å². The van der Waals surface area contributed by atoms with E-state index in [9.17, 15) is 9.90 Å². The lowest BCUT2D eigenvalue weighted by molar-refractivity contribution is -0.139. The Hall–Kier alpha value is -0.750. The summed E-state index contributed by atoms with van der Waals surface area (Å²) < 4.78 is 0. The van der Waals surface area contributed by atoms with E-state index in [1.807, 2.05) is 11.8 Å². The average molecular weight is 329 g/mol. The van der Waals surface area contributed by atoms with Gasteiger partial charge >= 0.3 is 5.97 Å². The number of carbonyl (C=O) groups is 1. The van der Waals surface area contributed by atoms with Gasteiger partial charge in [0.15, 0.2) is 5.13 Å². The van der Waals surface area contributed by atoms with Gasteiger partial charge in [0, 0.05) is 11.4 Å². The van der Waals surface area contributed by atoms with E-state index in [2.05, 4.69) is 16.6 Å². The molecule has 0 aromatic carbocycles. The van der Waals surface area contributed by atoms with E-state index in [0.717, 1.165) is 47.9 Å². The number of unbranched alkanes of at least 4 members (excludes halogenated alkanes) is 3. The number of carboxylic acid groups (broad SMARTS) is 1. The van der Waals surface area contributed by atoms with Crippen molar-refractivity contribution >= 4 is 34.2 Å². The van der Waals surface area contributed by atoms with Crippen molar-refractivity contribution in [3.63, 3.8) is 0 Å². The monoisotopic (exact) mass is 328 g/mol. The average Bonchev–Trinajstić information content (AvgIpc) is 2.88. The van der Waals surface area contributed by atoms with Crippen LogP contribution in [0, 0.1) is 0 Å². The molecule has 6 heteroatoms. The van der Waals surface area contributed by atoms with Crippen LogP contribution < -0.4 is 5.32 Å². The van der Waals surface area contributed by atoms with Crippen LogP contribution in [0.4, 0.5) is 5.13 Å². The lowest BCUT2D eigenvalue weighted by Gasteiger charge is -2.16. The number of aromatic nitrogens is 1. The largest absolute Gasteiger partial charge is 0.481 e. The zero-order chi connectivity index (χ0) is 15.1. The first-order valence-electron chi connectivity index (χ1n) is 7.67. The molecular weight excluding hydrogens is 304 g/mol. The van der Waals surface area contributed by atoms with Crippen LogP contribution >= 0.6 is 23.1 Å². The number of nitrogens with zero attached hydrogens (tertiary/aromatic N) is 1.